The standard InChI is InChI=1S/C19H21NO3.ClH/c1-20(2,3)13-17(21)14-23-18-11-9-16(10-12-18)19(22)15-7-5-4-6-8-15;/h4-13H,14H2,1-3H3;1H. The van der Waals surface area contributed by atoms with Gasteiger partial charge in [0.1, 0.15) is 11.9 Å². The number of rotatable bonds is 6. The minimum Gasteiger partial charge on any atom is -1.00 e. The summed E-state index contributed by atoms with van der Waals surface area (Å²) in [6.07, 6.45) is 1.70. The SMILES string of the molecule is C[N+](C)(C)C=C(O)COc1ccc(C(=O)c2ccccc2)cc1.[Cl-]. The molecule has 0 aliphatic carbocycles. The third kappa shape index (κ3) is 6.07. The molecule has 0 aliphatic heterocycles. The second-order valence-corrected chi connectivity index (χ2v) is 6.24. The number of ketones is 1. The number of aliphatic hydroxyl groups is 1. The first-order chi connectivity index (χ1) is 10.8. The fourth-order valence-corrected chi connectivity index (χ4v) is 2.10. The summed E-state index contributed by atoms with van der Waals surface area (Å²) < 4.78 is 6.03. The quantitative estimate of drug-likeness (QED) is 0.467. The lowest BCUT2D eigenvalue weighted by Gasteiger charge is -2.18. The van der Waals surface area contributed by atoms with Gasteiger partial charge in [0.15, 0.2) is 18.1 Å². The molecular formula is C19H22ClNO3. The number of hydrogen-bond donors (Lipinski definition) is 1. The van der Waals surface area contributed by atoms with Crippen LogP contribution in [0.5, 0.6) is 5.75 Å². The lowest BCUT2D eigenvalue weighted by Crippen LogP contribution is -3.00. The summed E-state index contributed by atoms with van der Waals surface area (Å²) in [5.41, 5.74) is 1.26. The van der Waals surface area contributed by atoms with E-state index >= 15 is 0 Å². The molecule has 4 nitrogen and oxygen atoms in total. The van der Waals surface area contributed by atoms with E-state index in [2.05, 4.69) is 0 Å². The third-order valence-corrected chi connectivity index (χ3v) is 3.08. The number of aliphatic hydroxyl groups excluding tert-OH is 1. The van der Waals surface area contributed by atoms with Crippen molar-refractivity contribution in [3.05, 3.63) is 77.7 Å². The first kappa shape index (κ1) is 19.7. The molecular weight excluding hydrogens is 326 g/mol. The van der Waals surface area contributed by atoms with Crippen LogP contribution in [0.15, 0.2) is 66.6 Å². The van der Waals surface area contributed by atoms with Crippen LogP contribution in [-0.4, -0.2) is 43.1 Å². The molecule has 0 saturated heterocycles. The molecule has 5 heteroatoms. The minimum absolute atomic E-state index is 0. The van der Waals surface area contributed by atoms with Gasteiger partial charge in [-0.3, -0.25) is 4.79 Å². The Morgan fingerprint density at radius 1 is 1.00 bits per heavy atom. The molecule has 0 fully saturated rings. The molecule has 128 valence electrons. The summed E-state index contributed by atoms with van der Waals surface area (Å²) in [5.74, 6) is 0.753. The summed E-state index contributed by atoms with van der Waals surface area (Å²) in [6.45, 7) is 0.0987. The molecule has 2 aromatic carbocycles. The van der Waals surface area contributed by atoms with Crippen LogP contribution in [-0.2, 0) is 0 Å². The summed E-state index contributed by atoms with van der Waals surface area (Å²) in [4.78, 5) is 12.3. The number of carbonyl (C=O) groups is 1. The minimum atomic E-state index is -0.0232. The van der Waals surface area contributed by atoms with Crippen molar-refractivity contribution in [3.8, 4) is 5.75 Å². The van der Waals surface area contributed by atoms with Gasteiger partial charge < -0.3 is 26.7 Å². The number of benzene rings is 2. The van der Waals surface area contributed by atoms with E-state index in [0.717, 1.165) is 0 Å². The fourth-order valence-electron chi connectivity index (χ4n) is 2.10. The Morgan fingerprint density at radius 3 is 2.08 bits per heavy atom. The van der Waals surface area contributed by atoms with Crippen LogP contribution >= 0.6 is 0 Å². The van der Waals surface area contributed by atoms with Crippen LogP contribution in [0.4, 0.5) is 0 Å². The highest BCUT2D eigenvalue weighted by Gasteiger charge is 2.09. The van der Waals surface area contributed by atoms with Gasteiger partial charge in [-0.1, -0.05) is 30.3 Å². The van der Waals surface area contributed by atoms with Crippen molar-refractivity contribution in [1.82, 2.24) is 0 Å². The van der Waals surface area contributed by atoms with Crippen molar-refractivity contribution in [2.75, 3.05) is 27.7 Å². The summed E-state index contributed by atoms with van der Waals surface area (Å²) in [5, 5.41) is 9.80. The molecule has 1 N–H and O–H groups in total. The Morgan fingerprint density at radius 2 is 1.54 bits per heavy atom. The first-order valence-electron chi connectivity index (χ1n) is 7.39. The van der Waals surface area contributed by atoms with Gasteiger partial charge in [0, 0.05) is 11.1 Å². The van der Waals surface area contributed by atoms with Gasteiger partial charge in [-0.2, -0.15) is 0 Å². The average molecular weight is 348 g/mol. The molecule has 0 unspecified atom stereocenters. The Hall–Kier alpha value is -2.30. The van der Waals surface area contributed by atoms with Gasteiger partial charge in [-0.05, 0) is 24.3 Å². The molecule has 0 aromatic heterocycles. The lowest BCUT2D eigenvalue weighted by atomic mass is 10.0. The lowest BCUT2D eigenvalue weighted by molar-refractivity contribution is -0.818. The van der Waals surface area contributed by atoms with E-state index < -0.39 is 0 Å². The number of nitrogens with zero attached hydrogens (tertiary/aromatic N) is 1. The van der Waals surface area contributed by atoms with Crippen LogP contribution in [0.3, 0.4) is 0 Å². The number of quaternary nitrogens is 1. The Bertz CT molecular complexity index is 689. The van der Waals surface area contributed by atoms with Crippen molar-refractivity contribution in [2.24, 2.45) is 0 Å². The number of ether oxygens (including phenoxy) is 1. The maximum Gasteiger partial charge on any atom is 0.193 e. The second-order valence-electron chi connectivity index (χ2n) is 6.24. The highest BCUT2D eigenvalue weighted by atomic mass is 35.5. The van der Waals surface area contributed by atoms with Crippen LogP contribution in [0.2, 0.25) is 0 Å². The van der Waals surface area contributed by atoms with E-state index in [-0.39, 0.29) is 30.6 Å². The molecule has 0 heterocycles. The van der Waals surface area contributed by atoms with E-state index in [1.165, 1.54) is 0 Å². The molecule has 0 atom stereocenters. The molecule has 0 aliphatic rings. The maximum atomic E-state index is 12.3. The molecule has 2 aromatic rings. The van der Waals surface area contributed by atoms with Crippen LogP contribution < -0.4 is 17.1 Å². The normalized spacial score (nSPS) is 11.5. The monoisotopic (exact) mass is 347 g/mol. The number of hydrogen-bond acceptors (Lipinski definition) is 3. The topological polar surface area (TPSA) is 46.5 Å². The molecule has 0 saturated carbocycles. The summed E-state index contributed by atoms with van der Waals surface area (Å²) >= 11 is 0. The average Bonchev–Trinajstić information content (AvgIpc) is 2.52. The van der Waals surface area contributed by atoms with Gasteiger partial charge in [0.25, 0.3) is 0 Å². The second kappa shape index (κ2) is 8.52. The molecule has 24 heavy (non-hydrogen) atoms. The van der Waals surface area contributed by atoms with Crippen LogP contribution in [0.1, 0.15) is 15.9 Å². The van der Waals surface area contributed by atoms with Crippen molar-refractivity contribution in [3.63, 3.8) is 0 Å². The van der Waals surface area contributed by atoms with Gasteiger partial charge in [0.2, 0.25) is 0 Å². The predicted octanol–water partition coefficient (Wildman–Crippen LogP) is 0.406. The zero-order valence-corrected chi connectivity index (χ0v) is 14.8. The van der Waals surface area contributed by atoms with Gasteiger partial charge in [-0.25, -0.2) is 0 Å². The van der Waals surface area contributed by atoms with Crippen LogP contribution in [0.25, 0.3) is 0 Å². The van der Waals surface area contributed by atoms with Crippen molar-refractivity contribution in [2.45, 2.75) is 0 Å². The molecule has 2 rings (SSSR count). The number of carbonyl (C=O) groups excluding carboxylic acids is 1. The van der Waals surface area contributed by atoms with Gasteiger partial charge in [0.05, 0.1) is 21.1 Å². The maximum absolute atomic E-state index is 12.3. The zero-order chi connectivity index (χ0) is 16.9. The molecule has 0 spiro atoms. The zero-order valence-electron chi connectivity index (χ0n) is 14.1. The Labute approximate surface area is 149 Å². The van der Waals surface area contributed by atoms with Crippen molar-refractivity contribution in [1.29, 1.82) is 0 Å². The largest absolute Gasteiger partial charge is 1.00 e. The smallest absolute Gasteiger partial charge is 0.193 e. The van der Waals surface area contributed by atoms with Crippen molar-refractivity contribution < 1.29 is 31.5 Å². The van der Waals surface area contributed by atoms with E-state index in [1.54, 1.807) is 42.6 Å². The summed E-state index contributed by atoms with van der Waals surface area (Å²) in [6, 6.07) is 16.1. The highest BCUT2D eigenvalue weighted by molar-refractivity contribution is 6.08. The number of halogens is 1. The van der Waals surface area contributed by atoms with Gasteiger partial charge >= 0.3 is 0 Å². The van der Waals surface area contributed by atoms with Gasteiger partial charge in [-0.15, -0.1) is 0 Å². The van der Waals surface area contributed by atoms with E-state index in [4.69, 9.17) is 4.74 Å². The molecule has 0 bridgehead atoms. The van der Waals surface area contributed by atoms with Crippen LogP contribution in [0, 0.1) is 0 Å². The van der Waals surface area contributed by atoms with E-state index in [9.17, 15) is 9.90 Å². The van der Waals surface area contributed by atoms with E-state index in [1.807, 2.05) is 39.3 Å². The highest BCUT2D eigenvalue weighted by Crippen LogP contribution is 2.16. The Kier molecular flexibility index (Phi) is 7.01. The molecule has 0 radical (unpaired) electrons. The fraction of sp³-hybridized carbons (Fsp3) is 0.211. The predicted molar refractivity (Wildman–Crippen MR) is 90.6 cm³/mol. The first-order valence-corrected chi connectivity index (χ1v) is 7.39. The Balaban J connectivity index is 0.00000288. The molecule has 0 amide bonds. The van der Waals surface area contributed by atoms with E-state index in [0.29, 0.717) is 21.4 Å². The van der Waals surface area contributed by atoms with Crippen molar-refractivity contribution >= 4 is 5.78 Å². The third-order valence-electron chi connectivity index (χ3n) is 3.08. The summed E-state index contributed by atoms with van der Waals surface area (Å²) in [7, 11) is 5.83.